The molecule has 0 fully saturated rings. The van der Waals surface area contributed by atoms with Crippen LogP contribution in [0, 0.1) is 5.82 Å². The predicted molar refractivity (Wildman–Crippen MR) is 77.6 cm³/mol. The highest BCUT2D eigenvalue weighted by atomic mass is 32.1. The molecular formula is C14H20FNO2S. The van der Waals surface area contributed by atoms with Crippen LogP contribution in [0.1, 0.15) is 31.4 Å². The number of methoxy groups -OCH3 is 1. The van der Waals surface area contributed by atoms with E-state index in [1.165, 1.54) is 12.1 Å². The molecule has 0 aromatic heterocycles. The maximum absolute atomic E-state index is 13.4. The van der Waals surface area contributed by atoms with Gasteiger partial charge in [0.15, 0.2) is 0 Å². The molecule has 3 nitrogen and oxygen atoms in total. The van der Waals surface area contributed by atoms with Gasteiger partial charge in [-0.1, -0.05) is 12.2 Å². The molecule has 1 aromatic rings. The zero-order valence-corrected chi connectivity index (χ0v) is 12.3. The fraction of sp³-hybridized carbons (Fsp3) is 0.500. The van der Waals surface area contributed by atoms with Crippen molar-refractivity contribution in [1.82, 2.24) is 0 Å². The minimum atomic E-state index is -0.360. The molecule has 0 saturated heterocycles. The first-order chi connectivity index (χ1) is 8.84. The number of ether oxygens (including phenoxy) is 2. The Kier molecular flexibility index (Phi) is 5.85. The van der Waals surface area contributed by atoms with Crippen LogP contribution in [0.3, 0.4) is 0 Å². The third-order valence-corrected chi connectivity index (χ3v) is 3.15. The van der Waals surface area contributed by atoms with E-state index in [0.29, 0.717) is 18.8 Å². The molecule has 0 aliphatic rings. The van der Waals surface area contributed by atoms with E-state index in [1.807, 2.05) is 13.8 Å². The van der Waals surface area contributed by atoms with E-state index in [9.17, 15) is 4.39 Å². The number of thiocarbonyl (C=S) groups is 1. The standard InChI is InChI=1S/C14H20FNO2S/c1-14(2,17-3)4-5-18-9-10-6-11(13(16)19)8-12(15)7-10/h6-8H,4-5,9H2,1-3H3,(H2,16,19). The summed E-state index contributed by atoms with van der Waals surface area (Å²) in [6.07, 6.45) is 0.765. The monoisotopic (exact) mass is 285 g/mol. The smallest absolute Gasteiger partial charge is 0.124 e. The lowest BCUT2D eigenvalue weighted by Crippen LogP contribution is -2.24. The van der Waals surface area contributed by atoms with Crippen molar-refractivity contribution < 1.29 is 13.9 Å². The molecule has 0 saturated carbocycles. The molecule has 0 amide bonds. The first kappa shape index (κ1) is 16.0. The average molecular weight is 285 g/mol. The average Bonchev–Trinajstić information content (AvgIpc) is 2.34. The van der Waals surface area contributed by atoms with Crippen molar-refractivity contribution in [2.24, 2.45) is 5.73 Å². The van der Waals surface area contributed by atoms with Crippen LogP contribution in [0.5, 0.6) is 0 Å². The predicted octanol–water partition coefficient (Wildman–Crippen LogP) is 2.79. The highest BCUT2D eigenvalue weighted by molar-refractivity contribution is 7.80. The number of hydrogen-bond donors (Lipinski definition) is 1. The molecular weight excluding hydrogens is 265 g/mol. The van der Waals surface area contributed by atoms with Gasteiger partial charge in [-0.05, 0) is 44.0 Å². The molecule has 0 radical (unpaired) electrons. The van der Waals surface area contributed by atoms with Gasteiger partial charge >= 0.3 is 0 Å². The first-order valence-corrected chi connectivity index (χ1v) is 6.47. The number of rotatable bonds is 7. The van der Waals surface area contributed by atoms with Crippen LogP contribution in [0.15, 0.2) is 18.2 Å². The molecule has 0 aliphatic carbocycles. The topological polar surface area (TPSA) is 44.5 Å². The van der Waals surface area contributed by atoms with Crippen molar-refractivity contribution in [1.29, 1.82) is 0 Å². The van der Waals surface area contributed by atoms with Crippen LogP contribution in [-0.2, 0) is 16.1 Å². The van der Waals surface area contributed by atoms with E-state index in [-0.39, 0.29) is 16.4 Å². The molecule has 1 rings (SSSR count). The second kappa shape index (κ2) is 6.93. The van der Waals surface area contributed by atoms with Crippen LogP contribution in [0.25, 0.3) is 0 Å². The summed E-state index contributed by atoms with van der Waals surface area (Å²) in [4.78, 5) is 0.182. The largest absolute Gasteiger partial charge is 0.389 e. The van der Waals surface area contributed by atoms with Crippen LogP contribution in [0.4, 0.5) is 4.39 Å². The Morgan fingerprint density at radius 1 is 1.37 bits per heavy atom. The Hall–Kier alpha value is -1.04. The second-order valence-corrected chi connectivity index (χ2v) is 5.42. The van der Waals surface area contributed by atoms with Gasteiger partial charge in [-0.3, -0.25) is 0 Å². The molecule has 1 aromatic carbocycles. The SMILES string of the molecule is COC(C)(C)CCOCc1cc(F)cc(C(N)=S)c1. The summed E-state index contributed by atoms with van der Waals surface area (Å²) in [5, 5.41) is 0. The molecule has 0 bridgehead atoms. The lowest BCUT2D eigenvalue weighted by Gasteiger charge is -2.22. The Bertz CT molecular complexity index is 449. The Morgan fingerprint density at radius 2 is 2.05 bits per heavy atom. The van der Waals surface area contributed by atoms with Crippen LogP contribution in [-0.4, -0.2) is 24.3 Å². The quantitative estimate of drug-likeness (QED) is 0.618. The molecule has 0 spiro atoms. The van der Waals surface area contributed by atoms with Crippen LogP contribution < -0.4 is 5.73 Å². The second-order valence-electron chi connectivity index (χ2n) is 4.98. The summed E-state index contributed by atoms with van der Waals surface area (Å²) in [5.41, 5.74) is 6.51. The minimum Gasteiger partial charge on any atom is -0.389 e. The molecule has 2 N–H and O–H groups in total. The van der Waals surface area contributed by atoms with Gasteiger partial charge in [0, 0.05) is 19.3 Å². The molecule has 19 heavy (non-hydrogen) atoms. The van der Waals surface area contributed by atoms with Gasteiger partial charge in [-0.2, -0.15) is 0 Å². The summed E-state index contributed by atoms with van der Waals surface area (Å²) in [6.45, 7) is 4.85. The van der Waals surface area contributed by atoms with E-state index >= 15 is 0 Å². The summed E-state index contributed by atoms with van der Waals surface area (Å²) >= 11 is 4.83. The van der Waals surface area contributed by atoms with E-state index in [1.54, 1.807) is 13.2 Å². The van der Waals surface area contributed by atoms with E-state index in [2.05, 4.69) is 0 Å². The lowest BCUT2D eigenvalue weighted by atomic mass is 10.1. The van der Waals surface area contributed by atoms with Gasteiger partial charge in [0.1, 0.15) is 10.8 Å². The van der Waals surface area contributed by atoms with Gasteiger partial charge in [0.05, 0.1) is 12.2 Å². The number of nitrogens with two attached hydrogens (primary N) is 1. The number of benzene rings is 1. The van der Waals surface area contributed by atoms with Crippen molar-refractivity contribution in [3.8, 4) is 0 Å². The number of halogens is 1. The van der Waals surface area contributed by atoms with Gasteiger partial charge in [0.2, 0.25) is 0 Å². The molecule has 0 aliphatic heterocycles. The van der Waals surface area contributed by atoms with Crippen LogP contribution >= 0.6 is 12.2 Å². The maximum Gasteiger partial charge on any atom is 0.124 e. The van der Waals surface area contributed by atoms with Gasteiger partial charge < -0.3 is 15.2 Å². The van der Waals surface area contributed by atoms with Crippen LogP contribution in [0.2, 0.25) is 0 Å². The Morgan fingerprint density at radius 3 is 2.63 bits per heavy atom. The summed E-state index contributed by atoms with van der Waals surface area (Å²) in [7, 11) is 1.67. The van der Waals surface area contributed by atoms with Crippen molar-refractivity contribution in [2.75, 3.05) is 13.7 Å². The third kappa shape index (κ3) is 5.63. The highest BCUT2D eigenvalue weighted by Crippen LogP contribution is 2.14. The normalized spacial score (nSPS) is 11.6. The van der Waals surface area contributed by atoms with E-state index < -0.39 is 0 Å². The lowest BCUT2D eigenvalue weighted by molar-refractivity contribution is -0.0124. The zero-order valence-electron chi connectivity index (χ0n) is 11.5. The summed E-state index contributed by atoms with van der Waals surface area (Å²) in [5.74, 6) is -0.360. The van der Waals surface area contributed by atoms with E-state index in [0.717, 1.165) is 12.0 Å². The third-order valence-electron chi connectivity index (χ3n) is 2.91. The molecule has 0 atom stereocenters. The zero-order chi connectivity index (χ0) is 14.5. The van der Waals surface area contributed by atoms with Crippen molar-refractivity contribution in [2.45, 2.75) is 32.5 Å². The molecule has 106 valence electrons. The Labute approximate surface area is 118 Å². The fourth-order valence-electron chi connectivity index (χ4n) is 1.49. The summed E-state index contributed by atoms with van der Waals surface area (Å²) < 4.78 is 24.2. The van der Waals surface area contributed by atoms with Crippen molar-refractivity contribution in [3.63, 3.8) is 0 Å². The molecule has 5 heteroatoms. The van der Waals surface area contributed by atoms with Crippen molar-refractivity contribution >= 4 is 17.2 Å². The Balaban J connectivity index is 2.52. The summed E-state index contributed by atoms with van der Waals surface area (Å²) in [6, 6.07) is 4.48. The van der Waals surface area contributed by atoms with E-state index in [4.69, 9.17) is 27.4 Å². The maximum atomic E-state index is 13.4. The molecule has 0 unspecified atom stereocenters. The highest BCUT2D eigenvalue weighted by Gasteiger charge is 2.15. The number of hydrogen-bond acceptors (Lipinski definition) is 3. The fourth-order valence-corrected chi connectivity index (χ4v) is 1.60. The first-order valence-electron chi connectivity index (χ1n) is 6.06. The molecule has 0 heterocycles. The minimum absolute atomic E-state index is 0.182. The van der Waals surface area contributed by atoms with Gasteiger partial charge in [0.25, 0.3) is 0 Å². The van der Waals surface area contributed by atoms with Crippen molar-refractivity contribution in [3.05, 3.63) is 35.1 Å². The van der Waals surface area contributed by atoms with Gasteiger partial charge in [-0.25, -0.2) is 4.39 Å². The van der Waals surface area contributed by atoms with Gasteiger partial charge in [-0.15, -0.1) is 0 Å².